The molecule has 1 N–H and O–H groups in total. The lowest BCUT2D eigenvalue weighted by Gasteiger charge is -2.09. The first kappa shape index (κ1) is 17.8. The molecule has 5 nitrogen and oxygen atoms in total. The summed E-state index contributed by atoms with van der Waals surface area (Å²) in [6.45, 7) is 2.73. The number of carbonyl (C=O) groups excluding carboxylic acids is 1. The number of amides is 1. The number of nitrogens with zero attached hydrogens (tertiary/aromatic N) is 3. The number of rotatable bonds is 7. The molecular formula is C21H22N4OS. The molecule has 0 aliphatic heterocycles. The van der Waals surface area contributed by atoms with E-state index in [4.69, 9.17) is 0 Å². The molecule has 3 aromatic rings. The Kier molecular flexibility index (Phi) is 5.25. The number of hydrogen-bond donors (Lipinski definition) is 1. The summed E-state index contributed by atoms with van der Waals surface area (Å²) in [6, 6.07) is 18.5. The van der Waals surface area contributed by atoms with Crippen LogP contribution in [0.3, 0.4) is 0 Å². The van der Waals surface area contributed by atoms with Crippen LogP contribution < -0.4 is 5.32 Å². The fourth-order valence-corrected chi connectivity index (χ4v) is 3.79. The van der Waals surface area contributed by atoms with Crippen LogP contribution in [0.5, 0.6) is 0 Å². The van der Waals surface area contributed by atoms with E-state index in [0.29, 0.717) is 6.04 Å². The Morgan fingerprint density at radius 2 is 1.89 bits per heavy atom. The molecule has 0 spiro atoms. The van der Waals surface area contributed by atoms with Crippen LogP contribution in [0.15, 0.2) is 59.8 Å². The maximum absolute atomic E-state index is 12.2. The molecule has 1 saturated carbocycles. The van der Waals surface area contributed by atoms with Gasteiger partial charge < -0.3 is 9.88 Å². The Labute approximate surface area is 163 Å². The fraction of sp³-hybridized carbons (Fsp3) is 0.286. The summed E-state index contributed by atoms with van der Waals surface area (Å²) < 4.78 is 2.13. The predicted octanol–water partition coefficient (Wildman–Crippen LogP) is 3.82. The molecule has 1 aliphatic carbocycles. The highest BCUT2D eigenvalue weighted by Gasteiger charge is 2.23. The van der Waals surface area contributed by atoms with Crippen LogP contribution in [0.25, 0.3) is 0 Å². The molecule has 1 aromatic heterocycles. The molecule has 1 fully saturated rings. The first-order valence-corrected chi connectivity index (χ1v) is 10.1. The third kappa shape index (κ3) is 4.57. The van der Waals surface area contributed by atoms with Crippen molar-refractivity contribution in [2.75, 3.05) is 0 Å². The van der Waals surface area contributed by atoms with E-state index in [0.717, 1.165) is 47.2 Å². The molecule has 1 amide bonds. The van der Waals surface area contributed by atoms with E-state index < -0.39 is 0 Å². The molecule has 138 valence electrons. The van der Waals surface area contributed by atoms with Gasteiger partial charge in [0, 0.05) is 17.4 Å². The van der Waals surface area contributed by atoms with Gasteiger partial charge in [-0.25, -0.2) is 0 Å². The Morgan fingerprint density at radius 1 is 1.11 bits per heavy atom. The Morgan fingerprint density at radius 3 is 2.67 bits per heavy atom. The van der Waals surface area contributed by atoms with Crippen molar-refractivity contribution in [3.05, 3.63) is 77.1 Å². The SMILES string of the molecule is Cc1nnc(SCc2cccc(C(=O)NC3CC3)c2)n1Cc1ccccc1. The van der Waals surface area contributed by atoms with Crippen LogP contribution >= 0.6 is 11.8 Å². The van der Waals surface area contributed by atoms with Gasteiger partial charge in [0.1, 0.15) is 5.82 Å². The summed E-state index contributed by atoms with van der Waals surface area (Å²) in [5.41, 5.74) is 3.05. The Hall–Kier alpha value is -2.60. The molecular weight excluding hydrogens is 356 g/mol. The number of aryl methyl sites for hydroxylation is 1. The summed E-state index contributed by atoms with van der Waals surface area (Å²) in [5, 5.41) is 12.5. The lowest BCUT2D eigenvalue weighted by Crippen LogP contribution is -2.25. The third-order valence-corrected chi connectivity index (χ3v) is 5.59. The average Bonchev–Trinajstić information content (AvgIpc) is 3.45. The van der Waals surface area contributed by atoms with E-state index in [1.54, 1.807) is 11.8 Å². The van der Waals surface area contributed by atoms with E-state index >= 15 is 0 Å². The molecule has 0 atom stereocenters. The monoisotopic (exact) mass is 378 g/mol. The minimum atomic E-state index is 0.0208. The van der Waals surface area contributed by atoms with Gasteiger partial charge >= 0.3 is 0 Å². The van der Waals surface area contributed by atoms with E-state index in [1.807, 2.05) is 49.4 Å². The largest absolute Gasteiger partial charge is 0.349 e. The topological polar surface area (TPSA) is 59.8 Å². The normalized spacial score (nSPS) is 13.5. The van der Waals surface area contributed by atoms with E-state index in [9.17, 15) is 4.79 Å². The highest BCUT2D eigenvalue weighted by molar-refractivity contribution is 7.98. The van der Waals surface area contributed by atoms with Gasteiger partial charge in [-0.2, -0.15) is 0 Å². The molecule has 0 radical (unpaired) electrons. The second-order valence-electron chi connectivity index (χ2n) is 6.84. The maximum Gasteiger partial charge on any atom is 0.251 e. The van der Waals surface area contributed by atoms with E-state index in [1.165, 1.54) is 5.56 Å². The van der Waals surface area contributed by atoms with Gasteiger partial charge in [0.2, 0.25) is 0 Å². The number of hydrogen-bond acceptors (Lipinski definition) is 4. The predicted molar refractivity (Wildman–Crippen MR) is 107 cm³/mol. The van der Waals surface area contributed by atoms with Crippen LogP contribution in [0.1, 0.15) is 40.2 Å². The van der Waals surface area contributed by atoms with Gasteiger partial charge in [-0.3, -0.25) is 4.79 Å². The van der Waals surface area contributed by atoms with Crippen molar-refractivity contribution in [3.8, 4) is 0 Å². The second-order valence-corrected chi connectivity index (χ2v) is 7.78. The molecule has 0 saturated heterocycles. The highest BCUT2D eigenvalue weighted by atomic mass is 32.2. The first-order valence-electron chi connectivity index (χ1n) is 9.15. The zero-order valence-corrected chi connectivity index (χ0v) is 16.1. The van der Waals surface area contributed by atoms with Crippen LogP contribution in [0.4, 0.5) is 0 Å². The molecule has 0 unspecified atom stereocenters. The summed E-state index contributed by atoms with van der Waals surface area (Å²) in [5.74, 6) is 1.67. The molecule has 1 aliphatic rings. The Bertz CT molecular complexity index is 934. The second kappa shape index (κ2) is 7.96. The number of thioether (sulfide) groups is 1. The van der Waals surface area contributed by atoms with Crippen LogP contribution in [-0.4, -0.2) is 26.7 Å². The smallest absolute Gasteiger partial charge is 0.251 e. The van der Waals surface area contributed by atoms with Gasteiger partial charge in [-0.1, -0.05) is 54.2 Å². The van der Waals surface area contributed by atoms with Crippen LogP contribution in [0.2, 0.25) is 0 Å². The zero-order chi connectivity index (χ0) is 18.6. The van der Waals surface area contributed by atoms with Crippen LogP contribution in [0, 0.1) is 6.92 Å². The van der Waals surface area contributed by atoms with E-state index in [2.05, 4.69) is 32.2 Å². The number of nitrogens with one attached hydrogen (secondary N) is 1. The van der Waals surface area contributed by atoms with Crippen molar-refractivity contribution >= 4 is 17.7 Å². The van der Waals surface area contributed by atoms with Crippen molar-refractivity contribution in [1.29, 1.82) is 0 Å². The van der Waals surface area contributed by atoms with Gasteiger partial charge in [0.25, 0.3) is 5.91 Å². The summed E-state index contributed by atoms with van der Waals surface area (Å²) in [7, 11) is 0. The molecule has 6 heteroatoms. The minimum Gasteiger partial charge on any atom is -0.349 e. The van der Waals surface area contributed by atoms with Gasteiger partial charge in [0.15, 0.2) is 5.16 Å². The molecule has 27 heavy (non-hydrogen) atoms. The van der Waals surface area contributed by atoms with Crippen molar-refractivity contribution < 1.29 is 4.79 Å². The lowest BCUT2D eigenvalue weighted by atomic mass is 10.1. The molecule has 1 heterocycles. The van der Waals surface area contributed by atoms with Crippen molar-refractivity contribution in [3.63, 3.8) is 0 Å². The fourth-order valence-electron chi connectivity index (χ4n) is 2.86. The number of carbonyl (C=O) groups is 1. The lowest BCUT2D eigenvalue weighted by molar-refractivity contribution is 0.0951. The molecule has 2 aromatic carbocycles. The highest BCUT2D eigenvalue weighted by Crippen LogP contribution is 2.24. The first-order chi connectivity index (χ1) is 13.2. The third-order valence-electron chi connectivity index (χ3n) is 4.55. The summed E-state index contributed by atoms with van der Waals surface area (Å²) in [6.07, 6.45) is 2.19. The average molecular weight is 379 g/mol. The zero-order valence-electron chi connectivity index (χ0n) is 15.3. The Balaban J connectivity index is 1.44. The number of benzene rings is 2. The van der Waals surface area contributed by atoms with Gasteiger partial charge in [-0.05, 0) is 43.0 Å². The van der Waals surface area contributed by atoms with Gasteiger partial charge in [0.05, 0.1) is 6.54 Å². The molecule has 0 bridgehead atoms. The summed E-state index contributed by atoms with van der Waals surface area (Å²) >= 11 is 1.64. The van der Waals surface area contributed by atoms with Gasteiger partial charge in [-0.15, -0.1) is 10.2 Å². The van der Waals surface area contributed by atoms with E-state index in [-0.39, 0.29) is 5.91 Å². The minimum absolute atomic E-state index is 0.0208. The van der Waals surface area contributed by atoms with Crippen molar-refractivity contribution in [2.24, 2.45) is 0 Å². The standard InChI is InChI=1S/C21H22N4OS/c1-15-23-24-21(25(15)13-16-6-3-2-4-7-16)27-14-17-8-5-9-18(12-17)20(26)22-19-10-11-19/h2-9,12,19H,10-11,13-14H2,1H3,(H,22,26). The summed E-state index contributed by atoms with van der Waals surface area (Å²) in [4.78, 5) is 12.2. The van der Waals surface area contributed by atoms with Crippen molar-refractivity contribution in [1.82, 2.24) is 20.1 Å². The number of aromatic nitrogens is 3. The van der Waals surface area contributed by atoms with Crippen LogP contribution in [-0.2, 0) is 12.3 Å². The maximum atomic E-state index is 12.2. The quantitative estimate of drug-likeness (QED) is 0.635. The van der Waals surface area contributed by atoms with Crippen molar-refractivity contribution in [2.45, 2.75) is 43.3 Å². The molecule has 4 rings (SSSR count).